The number of nitrogens with zero attached hydrogens (tertiary/aromatic N) is 2. The number of ether oxygens (including phenoxy) is 2. The van der Waals surface area contributed by atoms with E-state index in [1.807, 2.05) is 39.2 Å². The Balaban J connectivity index is 3.22. The minimum absolute atomic E-state index is 0.300. The summed E-state index contributed by atoms with van der Waals surface area (Å²) in [4.78, 5) is 6.12. The highest BCUT2D eigenvalue weighted by Gasteiger charge is 2.13. The largest absolute Gasteiger partial charge is 0.497 e. The minimum atomic E-state index is 0.300. The van der Waals surface area contributed by atoms with Crippen molar-refractivity contribution in [3.63, 3.8) is 0 Å². The molecule has 0 fully saturated rings. The third-order valence-corrected chi connectivity index (χ3v) is 3.67. The second-order valence-corrected chi connectivity index (χ2v) is 5.35. The summed E-state index contributed by atoms with van der Waals surface area (Å²) >= 11 is 0. The predicted octanol–water partition coefficient (Wildman–Crippen LogP) is 3.64. The lowest BCUT2D eigenvalue weighted by atomic mass is 10.0. The fourth-order valence-corrected chi connectivity index (χ4v) is 1.87. The van der Waals surface area contributed by atoms with Gasteiger partial charge in [-0.2, -0.15) is 0 Å². The molecule has 0 saturated heterocycles. The van der Waals surface area contributed by atoms with Crippen LogP contribution in [0.5, 0.6) is 11.5 Å². The number of hydrogen-bond donors (Lipinski definition) is 0. The fraction of sp³-hybridized carbons (Fsp3) is 0.389. The van der Waals surface area contributed by atoms with E-state index in [2.05, 4.69) is 30.1 Å². The van der Waals surface area contributed by atoms with Crippen LogP contribution < -0.4 is 9.47 Å². The highest BCUT2D eigenvalue weighted by atomic mass is 16.5. The van der Waals surface area contributed by atoms with Gasteiger partial charge in [0.2, 0.25) is 0 Å². The summed E-state index contributed by atoms with van der Waals surface area (Å²) in [7, 11) is 5.70. The van der Waals surface area contributed by atoms with Crippen LogP contribution in [0, 0.1) is 0 Å². The molecule has 1 aromatic rings. The van der Waals surface area contributed by atoms with Gasteiger partial charge < -0.3 is 14.4 Å². The van der Waals surface area contributed by atoms with Crippen molar-refractivity contribution >= 4 is 12.3 Å². The second kappa shape index (κ2) is 8.39. The lowest BCUT2D eigenvalue weighted by Gasteiger charge is -2.21. The van der Waals surface area contributed by atoms with Crippen molar-refractivity contribution in [3.05, 3.63) is 42.1 Å². The molecule has 120 valence electrons. The van der Waals surface area contributed by atoms with Crippen molar-refractivity contribution in [1.29, 1.82) is 0 Å². The molecule has 1 aromatic carbocycles. The van der Waals surface area contributed by atoms with Crippen molar-refractivity contribution in [3.8, 4) is 11.5 Å². The monoisotopic (exact) mass is 302 g/mol. The normalized spacial score (nSPS) is 13.4. The Kier molecular flexibility index (Phi) is 6.86. The Morgan fingerprint density at radius 1 is 1.41 bits per heavy atom. The molecule has 22 heavy (non-hydrogen) atoms. The van der Waals surface area contributed by atoms with E-state index in [4.69, 9.17) is 9.47 Å². The summed E-state index contributed by atoms with van der Waals surface area (Å²) in [5, 5.41) is 0. The Morgan fingerprint density at radius 2 is 2.09 bits per heavy atom. The molecule has 0 N–H and O–H groups in total. The van der Waals surface area contributed by atoms with Crippen LogP contribution in [0.4, 0.5) is 0 Å². The lowest BCUT2D eigenvalue weighted by Crippen LogP contribution is -2.30. The summed E-state index contributed by atoms with van der Waals surface area (Å²) in [5.74, 6) is 1.51. The number of rotatable bonds is 8. The molecule has 0 amide bonds. The van der Waals surface area contributed by atoms with Gasteiger partial charge in [0.25, 0.3) is 0 Å². The van der Waals surface area contributed by atoms with Gasteiger partial charge >= 0.3 is 0 Å². The smallest absolute Gasteiger partial charge is 0.130 e. The number of benzene rings is 1. The maximum absolute atomic E-state index is 6.01. The van der Waals surface area contributed by atoms with E-state index in [0.717, 1.165) is 28.3 Å². The van der Waals surface area contributed by atoms with E-state index in [0.29, 0.717) is 12.6 Å². The molecular weight excluding hydrogens is 276 g/mol. The average Bonchev–Trinajstić information content (AvgIpc) is 2.53. The molecule has 4 heteroatoms. The van der Waals surface area contributed by atoms with Gasteiger partial charge in [-0.15, -0.1) is 0 Å². The van der Waals surface area contributed by atoms with E-state index < -0.39 is 0 Å². The molecule has 0 spiro atoms. The van der Waals surface area contributed by atoms with E-state index in [1.165, 1.54) is 0 Å². The first-order valence-corrected chi connectivity index (χ1v) is 7.22. The molecule has 0 saturated carbocycles. The topological polar surface area (TPSA) is 34.1 Å². The molecule has 0 heterocycles. The average molecular weight is 302 g/mol. The van der Waals surface area contributed by atoms with Crippen LogP contribution in [0.3, 0.4) is 0 Å². The van der Waals surface area contributed by atoms with E-state index in [9.17, 15) is 0 Å². The zero-order valence-electron chi connectivity index (χ0n) is 14.2. The molecule has 0 aromatic heterocycles. The lowest BCUT2D eigenvalue weighted by molar-refractivity contribution is 0.197. The molecule has 0 radical (unpaired) electrons. The second-order valence-electron chi connectivity index (χ2n) is 5.35. The summed E-state index contributed by atoms with van der Waals surface area (Å²) in [5.41, 5.74) is 2.66. The molecule has 0 bridgehead atoms. The Hall–Kier alpha value is -2.07. The van der Waals surface area contributed by atoms with Crippen LogP contribution in [0.15, 0.2) is 41.5 Å². The molecular formula is C18H26N2O2. The van der Waals surface area contributed by atoms with Gasteiger partial charge in [0.15, 0.2) is 0 Å². The first-order valence-electron chi connectivity index (χ1n) is 7.22. The van der Waals surface area contributed by atoms with Crippen molar-refractivity contribution in [2.45, 2.75) is 19.9 Å². The standard InChI is InChI=1S/C18H26N2O2/c1-8-16(14(3)19-4)17-10-9-15(21-7)11-18(17)22-12-13(2)20(5)6/h8-11,13H,1,4,12H2,2-3,5-7H3/b16-14+. The molecule has 0 aliphatic heterocycles. The zero-order valence-corrected chi connectivity index (χ0v) is 14.2. The fourth-order valence-electron chi connectivity index (χ4n) is 1.87. The van der Waals surface area contributed by atoms with Gasteiger partial charge in [-0.05, 0) is 46.8 Å². The third kappa shape index (κ3) is 4.46. The molecule has 0 aliphatic rings. The van der Waals surface area contributed by atoms with Crippen LogP contribution in [-0.2, 0) is 0 Å². The van der Waals surface area contributed by atoms with E-state index >= 15 is 0 Å². The van der Waals surface area contributed by atoms with Crippen molar-refractivity contribution < 1.29 is 9.47 Å². The predicted molar refractivity (Wildman–Crippen MR) is 94.0 cm³/mol. The van der Waals surface area contributed by atoms with Crippen LogP contribution in [0.1, 0.15) is 19.4 Å². The zero-order chi connectivity index (χ0) is 16.7. The Morgan fingerprint density at radius 3 is 2.59 bits per heavy atom. The van der Waals surface area contributed by atoms with Crippen molar-refractivity contribution in [1.82, 2.24) is 4.90 Å². The Bertz CT molecular complexity index is 562. The maximum Gasteiger partial charge on any atom is 0.130 e. The SMILES string of the molecule is C=C/C(=C(/C)N=C)c1ccc(OC)cc1OCC(C)N(C)C. The van der Waals surface area contributed by atoms with E-state index in [-0.39, 0.29) is 0 Å². The summed E-state index contributed by atoms with van der Waals surface area (Å²) in [6, 6.07) is 6.05. The van der Waals surface area contributed by atoms with E-state index in [1.54, 1.807) is 13.2 Å². The van der Waals surface area contributed by atoms with Gasteiger partial charge in [0.05, 0.1) is 7.11 Å². The third-order valence-electron chi connectivity index (χ3n) is 3.67. The minimum Gasteiger partial charge on any atom is -0.497 e. The summed E-state index contributed by atoms with van der Waals surface area (Å²) in [6.07, 6.45) is 1.77. The van der Waals surface area contributed by atoms with Crippen LogP contribution in [0.2, 0.25) is 0 Å². The number of methoxy groups -OCH3 is 1. The number of allylic oxidation sites excluding steroid dienone is 3. The first kappa shape index (κ1) is 18.0. The first-order chi connectivity index (χ1) is 10.4. The Labute approximate surface area is 133 Å². The van der Waals surface area contributed by atoms with Crippen LogP contribution in [-0.4, -0.2) is 45.5 Å². The van der Waals surface area contributed by atoms with Gasteiger partial charge in [-0.1, -0.05) is 12.7 Å². The molecule has 0 aliphatic carbocycles. The van der Waals surface area contributed by atoms with Gasteiger partial charge in [0.1, 0.15) is 18.1 Å². The molecule has 1 atom stereocenters. The molecule has 1 unspecified atom stereocenters. The van der Waals surface area contributed by atoms with Crippen molar-refractivity contribution in [2.24, 2.45) is 4.99 Å². The number of hydrogen-bond acceptors (Lipinski definition) is 4. The van der Waals surface area contributed by atoms with Crippen molar-refractivity contribution in [2.75, 3.05) is 27.8 Å². The van der Waals surface area contributed by atoms with Gasteiger partial charge in [-0.25, -0.2) is 0 Å². The summed E-state index contributed by atoms with van der Waals surface area (Å²) < 4.78 is 11.3. The van der Waals surface area contributed by atoms with Crippen LogP contribution >= 0.6 is 0 Å². The highest BCUT2D eigenvalue weighted by Crippen LogP contribution is 2.33. The summed E-state index contributed by atoms with van der Waals surface area (Å²) in [6.45, 7) is 12.1. The van der Waals surface area contributed by atoms with Gasteiger partial charge in [0, 0.05) is 28.9 Å². The molecule has 4 nitrogen and oxygen atoms in total. The quantitative estimate of drug-likeness (QED) is 0.543. The molecule has 1 rings (SSSR count). The van der Waals surface area contributed by atoms with Crippen LogP contribution in [0.25, 0.3) is 5.57 Å². The highest BCUT2D eigenvalue weighted by molar-refractivity contribution is 5.80. The maximum atomic E-state index is 6.01. The van der Waals surface area contributed by atoms with Gasteiger partial charge in [-0.3, -0.25) is 4.99 Å². The number of likely N-dealkylation sites (N-methyl/N-ethyl adjacent to an activating group) is 1. The number of aliphatic imine (C=N–C) groups is 1.